The summed E-state index contributed by atoms with van der Waals surface area (Å²) in [5.41, 5.74) is 0.718. The van der Waals surface area contributed by atoms with Crippen molar-refractivity contribution in [1.82, 2.24) is 5.32 Å². The van der Waals surface area contributed by atoms with Crippen LogP contribution in [-0.4, -0.2) is 31.6 Å². The van der Waals surface area contributed by atoms with Crippen LogP contribution in [0.15, 0.2) is 41.0 Å². The Labute approximate surface area is 144 Å². The number of nitrogens with one attached hydrogen (secondary N) is 1. The molecule has 2 aliphatic rings. The number of nitrogens with zero attached hydrogens (tertiary/aromatic N) is 1. The van der Waals surface area contributed by atoms with Gasteiger partial charge in [-0.05, 0) is 30.7 Å². The minimum atomic E-state index is -0.678. The third kappa shape index (κ3) is 3.05. The van der Waals surface area contributed by atoms with E-state index in [-0.39, 0.29) is 18.4 Å². The number of furan rings is 1. The molecule has 7 heteroatoms. The topological polar surface area (TPSA) is 81.0 Å². The van der Waals surface area contributed by atoms with Crippen LogP contribution in [0.3, 0.4) is 0 Å². The third-order valence-corrected chi connectivity index (χ3v) is 4.38. The molecule has 1 fully saturated rings. The number of hydrogen-bond acceptors (Lipinski definition) is 5. The van der Waals surface area contributed by atoms with E-state index in [1.54, 1.807) is 35.4 Å². The molecule has 1 N–H and O–H groups in total. The highest BCUT2D eigenvalue weighted by Crippen LogP contribution is 2.36. The van der Waals surface area contributed by atoms with Crippen molar-refractivity contribution in [3.63, 3.8) is 0 Å². The first-order valence-electron chi connectivity index (χ1n) is 8.23. The van der Waals surface area contributed by atoms with Crippen LogP contribution in [0.25, 0.3) is 0 Å². The molecule has 1 unspecified atom stereocenters. The van der Waals surface area contributed by atoms with E-state index < -0.39 is 5.92 Å². The average molecular weight is 342 g/mol. The molecule has 1 saturated heterocycles. The zero-order valence-electron chi connectivity index (χ0n) is 13.6. The van der Waals surface area contributed by atoms with E-state index in [1.807, 2.05) is 6.07 Å². The summed E-state index contributed by atoms with van der Waals surface area (Å²) in [4.78, 5) is 26.6. The number of hydrogen-bond donors (Lipinski definition) is 1. The summed E-state index contributed by atoms with van der Waals surface area (Å²) < 4.78 is 16.2. The Hall–Kier alpha value is -2.96. The van der Waals surface area contributed by atoms with Crippen molar-refractivity contribution >= 4 is 17.5 Å². The van der Waals surface area contributed by atoms with Crippen LogP contribution in [0, 0.1) is 5.92 Å². The zero-order chi connectivity index (χ0) is 17.2. The highest BCUT2D eigenvalue weighted by Gasteiger charge is 2.37. The normalized spacial score (nSPS) is 19.1. The lowest BCUT2D eigenvalue weighted by molar-refractivity contribution is -0.132. The molecule has 2 aliphatic heterocycles. The molecule has 7 nitrogen and oxygen atoms in total. The monoisotopic (exact) mass is 342 g/mol. The van der Waals surface area contributed by atoms with Crippen LogP contribution in [0.4, 0.5) is 5.69 Å². The van der Waals surface area contributed by atoms with Crippen molar-refractivity contribution in [2.45, 2.75) is 13.0 Å². The molecule has 0 spiro atoms. The lowest BCUT2D eigenvalue weighted by Gasteiger charge is -2.22. The average Bonchev–Trinajstić information content (AvgIpc) is 3.29. The van der Waals surface area contributed by atoms with E-state index in [9.17, 15) is 9.59 Å². The molecule has 130 valence electrons. The molecule has 0 radical (unpaired) electrons. The predicted molar refractivity (Wildman–Crippen MR) is 88.4 cm³/mol. The lowest BCUT2D eigenvalue weighted by Crippen LogP contribution is -2.36. The van der Waals surface area contributed by atoms with Gasteiger partial charge in [0.05, 0.1) is 12.8 Å². The van der Waals surface area contributed by atoms with Crippen LogP contribution in [0.5, 0.6) is 11.5 Å². The maximum absolute atomic E-state index is 12.6. The van der Waals surface area contributed by atoms with Crippen molar-refractivity contribution in [3.05, 3.63) is 42.4 Å². The van der Waals surface area contributed by atoms with E-state index in [0.29, 0.717) is 43.4 Å². The van der Waals surface area contributed by atoms with E-state index in [2.05, 4.69) is 5.32 Å². The fourth-order valence-electron chi connectivity index (χ4n) is 3.09. The Morgan fingerprint density at radius 2 is 2.04 bits per heavy atom. The number of benzene rings is 1. The highest BCUT2D eigenvalue weighted by atomic mass is 16.6. The number of carbonyl (C=O) groups is 2. The second-order valence-corrected chi connectivity index (χ2v) is 5.96. The first kappa shape index (κ1) is 15.6. The summed E-state index contributed by atoms with van der Waals surface area (Å²) in [5.74, 6) is 0.803. The summed E-state index contributed by atoms with van der Waals surface area (Å²) in [5, 5.41) is 2.75. The molecular weight excluding hydrogens is 324 g/mol. The number of fused-ring (bicyclic) bond motifs is 1. The molecule has 0 saturated carbocycles. The van der Waals surface area contributed by atoms with Gasteiger partial charge in [-0.1, -0.05) is 0 Å². The van der Waals surface area contributed by atoms with Gasteiger partial charge in [0.2, 0.25) is 11.8 Å². The molecule has 0 aliphatic carbocycles. The van der Waals surface area contributed by atoms with Crippen LogP contribution >= 0.6 is 0 Å². The Kier molecular flexibility index (Phi) is 4.05. The third-order valence-electron chi connectivity index (χ3n) is 4.38. The first-order chi connectivity index (χ1) is 12.2. The summed E-state index contributed by atoms with van der Waals surface area (Å²) in [6.07, 6.45) is 2.03. The van der Waals surface area contributed by atoms with Crippen LogP contribution in [0.1, 0.15) is 12.2 Å². The Morgan fingerprint density at radius 1 is 1.20 bits per heavy atom. The summed E-state index contributed by atoms with van der Waals surface area (Å²) >= 11 is 0. The van der Waals surface area contributed by atoms with Crippen molar-refractivity contribution in [2.24, 2.45) is 5.92 Å². The second kappa shape index (κ2) is 6.51. The van der Waals surface area contributed by atoms with E-state index in [1.165, 1.54) is 0 Å². The molecule has 4 rings (SSSR count). The Bertz CT molecular complexity index is 787. The van der Waals surface area contributed by atoms with Crippen molar-refractivity contribution < 1.29 is 23.5 Å². The van der Waals surface area contributed by atoms with E-state index >= 15 is 0 Å². The molecular formula is C18H18N2O5. The Balaban J connectivity index is 1.43. The number of rotatable bonds is 4. The lowest BCUT2D eigenvalue weighted by atomic mass is 10.1. The Morgan fingerprint density at radius 3 is 2.84 bits per heavy atom. The minimum Gasteiger partial charge on any atom is -0.486 e. The predicted octanol–water partition coefficient (Wildman–Crippen LogP) is 1.72. The fourth-order valence-corrected chi connectivity index (χ4v) is 3.09. The van der Waals surface area contributed by atoms with Gasteiger partial charge in [-0.2, -0.15) is 0 Å². The largest absolute Gasteiger partial charge is 0.486 e. The number of ether oxygens (including phenoxy) is 2. The first-order valence-corrected chi connectivity index (χ1v) is 8.23. The van der Waals surface area contributed by atoms with Gasteiger partial charge in [0.15, 0.2) is 11.5 Å². The van der Waals surface area contributed by atoms with E-state index in [0.717, 1.165) is 5.69 Å². The molecule has 1 aromatic carbocycles. The maximum atomic E-state index is 12.6. The van der Waals surface area contributed by atoms with Crippen molar-refractivity contribution in [1.29, 1.82) is 0 Å². The van der Waals surface area contributed by atoms with Crippen LogP contribution < -0.4 is 19.7 Å². The van der Waals surface area contributed by atoms with Gasteiger partial charge < -0.3 is 24.1 Å². The molecule has 2 aromatic rings. The fraction of sp³-hybridized carbons (Fsp3) is 0.333. The smallest absolute Gasteiger partial charge is 0.239 e. The van der Waals surface area contributed by atoms with Crippen molar-refractivity contribution in [2.75, 3.05) is 24.7 Å². The summed E-state index contributed by atoms with van der Waals surface area (Å²) in [6, 6.07) is 8.93. The summed E-state index contributed by atoms with van der Waals surface area (Å²) in [7, 11) is 0. The van der Waals surface area contributed by atoms with E-state index in [4.69, 9.17) is 13.9 Å². The summed E-state index contributed by atoms with van der Waals surface area (Å²) in [6.45, 7) is 1.78. The molecule has 1 aromatic heterocycles. The minimum absolute atomic E-state index is 0.200. The molecule has 0 bridgehead atoms. The van der Waals surface area contributed by atoms with Gasteiger partial charge in [-0.25, -0.2) is 0 Å². The van der Waals surface area contributed by atoms with Gasteiger partial charge in [0, 0.05) is 18.3 Å². The van der Waals surface area contributed by atoms with Gasteiger partial charge in [-0.3, -0.25) is 9.59 Å². The second-order valence-electron chi connectivity index (χ2n) is 5.96. The number of carbonyl (C=O) groups excluding carboxylic acids is 2. The molecule has 2 amide bonds. The number of anilines is 1. The van der Waals surface area contributed by atoms with Crippen molar-refractivity contribution in [3.8, 4) is 11.5 Å². The van der Waals surface area contributed by atoms with Gasteiger partial charge >= 0.3 is 0 Å². The van der Waals surface area contributed by atoms with Gasteiger partial charge in [0.25, 0.3) is 0 Å². The standard InChI is InChI=1S/C18H18N2O5/c21-17(19-11-13-2-1-7-23-13)14-5-6-20(18(14)22)12-3-4-15-16(10-12)25-9-8-24-15/h1-4,7,10,14H,5-6,8-9,11H2,(H,19,21). The number of amides is 2. The molecule has 3 heterocycles. The van der Waals surface area contributed by atoms with Crippen LogP contribution in [-0.2, 0) is 16.1 Å². The van der Waals surface area contributed by atoms with Gasteiger partial charge in [0.1, 0.15) is 24.9 Å². The molecule has 25 heavy (non-hydrogen) atoms. The molecule has 1 atom stereocenters. The van der Waals surface area contributed by atoms with Gasteiger partial charge in [-0.15, -0.1) is 0 Å². The maximum Gasteiger partial charge on any atom is 0.239 e. The quantitative estimate of drug-likeness (QED) is 0.856. The zero-order valence-corrected chi connectivity index (χ0v) is 13.6. The SMILES string of the molecule is O=C(NCc1ccco1)C1CCN(c2ccc3c(c2)OCCO3)C1=O. The highest BCUT2D eigenvalue weighted by molar-refractivity contribution is 6.09. The van der Waals surface area contributed by atoms with Crippen LogP contribution in [0.2, 0.25) is 0 Å².